The van der Waals surface area contributed by atoms with E-state index in [0.29, 0.717) is 37.5 Å². The van der Waals surface area contributed by atoms with Gasteiger partial charge in [-0.15, -0.1) is 0 Å². The molecule has 28 heavy (non-hydrogen) atoms. The van der Waals surface area contributed by atoms with Crippen LogP contribution in [0.3, 0.4) is 0 Å². The fourth-order valence-corrected chi connectivity index (χ4v) is 3.26. The number of aryl methyl sites for hydroxylation is 4. The molecule has 2 amide bonds. The van der Waals surface area contributed by atoms with E-state index in [0.717, 1.165) is 11.1 Å². The second-order valence-corrected chi connectivity index (χ2v) is 7.51. The van der Waals surface area contributed by atoms with Gasteiger partial charge in [-0.3, -0.25) is 9.59 Å². The van der Waals surface area contributed by atoms with Crippen molar-refractivity contribution in [3.05, 3.63) is 64.2 Å². The van der Waals surface area contributed by atoms with Crippen LogP contribution < -0.4 is 4.74 Å². The van der Waals surface area contributed by atoms with Crippen LogP contribution in [0.15, 0.2) is 36.4 Å². The lowest BCUT2D eigenvalue weighted by Gasteiger charge is -2.34. The van der Waals surface area contributed by atoms with Gasteiger partial charge in [-0.05, 0) is 74.2 Å². The number of carbonyl (C=O) groups excluding carboxylic acids is 2. The molecule has 1 aliphatic heterocycles. The van der Waals surface area contributed by atoms with Gasteiger partial charge in [-0.2, -0.15) is 0 Å². The van der Waals surface area contributed by atoms with Gasteiger partial charge in [0.1, 0.15) is 5.75 Å². The van der Waals surface area contributed by atoms with E-state index in [1.165, 1.54) is 11.1 Å². The van der Waals surface area contributed by atoms with E-state index in [2.05, 4.69) is 0 Å². The average Bonchev–Trinajstić information content (AvgIpc) is 2.70. The molecule has 1 fully saturated rings. The predicted octanol–water partition coefficient (Wildman–Crippen LogP) is 3.28. The molecule has 0 atom stereocenters. The van der Waals surface area contributed by atoms with Crippen molar-refractivity contribution in [1.82, 2.24) is 9.80 Å². The second kappa shape index (κ2) is 8.46. The molecular formula is C23H28N2O3. The maximum Gasteiger partial charge on any atom is 0.260 e. The van der Waals surface area contributed by atoms with Gasteiger partial charge in [0.05, 0.1) is 0 Å². The van der Waals surface area contributed by atoms with Gasteiger partial charge in [0.2, 0.25) is 0 Å². The largest absolute Gasteiger partial charge is 0.484 e. The summed E-state index contributed by atoms with van der Waals surface area (Å²) in [4.78, 5) is 28.7. The van der Waals surface area contributed by atoms with Gasteiger partial charge >= 0.3 is 0 Å². The van der Waals surface area contributed by atoms with Crippen LogP contribution in [0.5, 0.6) is 5.75 Å². The number of amides is 2. The van der Waals surface area contributed by atoms with Gasteiger partial charge in [-0.1, -0.05) is 12.1 Å². The number of nitrogens with zero attached hydrogens (tertiary/aromatic N) is 2. The standard InChI is InChI=1S/C23H28N2O3/c1-16-5-7-20(13-18(16)3)23(27)25-11-9-24(10-12-25)22(26)15-28-21-8-6-17(2)19(4)14-21/h5-8,13-14H,9-12,15H2,1-4H3. The summed E-state index contributed by atoms with van der Waals surface area (Å²) in [5.41, 5.74) is 5.34. The maximum absolute atomic E-state index is 12.7. The number of carbonyl (C=O) groups is 2. The van der Waals surface area contributed by atoms with E-state index in [1.807, 2.05) is 69.0 Å². The Bertz CT molecular complexity index is 883. The van der Waals surface area contributed by atoms with Crippen LogP contribution in [0.25, 0.3) is 0 Å². The minimum Gasteiger partial charge on any atom is -0.484 e. The summed E-state index contributed by atoms with van der Waals surface area (Å²) in [6, 6.07) is 11.6. The fourth-order valence-electron chi connectivity index (χ4n) is 3.26. The first-order valence-electron chi connectivity index (χ1n) is 9.69. The lowest BCUT2D eigenvalue weighted by molar-refractivity contribution is -0.134. The Morgan fingerprint density at radius 3 is 1.96 bits per heavy atom. The quantitative estimate of drug-likeness (QED) is 0.818. The third-order valence-corrected chi connectivity index (χ3v) is 5.51. The molecule has 0 unspecified atom stereocenters. The van der Waals surface area contributed by atoms with Crippen LogP contribution >= 0.6 is 0 Å². The van der Waals surface area contributed by atoms with Crippen LogP contribution in [0.1, 0.15) is 32.6 Å². The third-order valence-electron chi connectivity index (χ3n) is 5.51. The second-order valence-electron chi connectivity index (χ2n) is 7.51. The molecule has 5 heteroatoms. The summed E-state index contributed by atoms with van der Waals surface area (Å²) in [5.74, 6) is 0.693. The molecule has 1 aliphatic rings. The molecule has 3 rings (SSSR count). The molecule has 2 aromatic rings. The Balaban J connectivity index is 1.51. The lowest BCUT2D eigenvalue weighted by atomic mass is 10.1. The van der Waals surface area contributed by atoms with Crippen molar-refractivity contribution in [2.75, 3.05) is 32.8 Å². The van der Waals surface area contributed by atoms with Crippen LogP contribution in [0.2, 0.25) is 0 Å². The Hall–Kier alpha value is -2.82. The molecule has 0 N–H and O–H groups in total. The van der Waals surface area contributed by atoms with E-state index in [4.69, 9.17) is 4.74 Å². The smallest absolute Gasteiger partial charge is 0.260 e. The first-order valence-corrected chi connectivity index (χ1v) is 9.69. The van der Waals surface area contributed by atoms with Gasteiger partial charge in [0, 0.05) is 31.7 Å². The number of hydrogen-bond acceptors (Lipinski definition) is 3. The van der Waals surface area contributed by atoms with E-state index in [-0.39, 0.29) is 18.4 Å². The van der Waals surface area contributed by atoms with Crippen molar-refractivity contribution in [2.24, 2.45) is 0 Å². The molecule has 1 heterocycles. The highest BCUT2D eigenvalue weighted by atomic mass is 16.5. The molecule has 1 saturated heterocycles. The predicted molar refractivity (Wildman–Crippen MR) is 110 cm³/mol. The van der Waals surface area contributed by atoms with E-state index in [1.54, 1.807) is 4.90 Å². The monoisotopic (exact) mass is 380 g/mol. The summed E-state index contributed by atoms with van der Waals surface area (Å²) in [7, 11) is 0. The first-order chi connectivity index (χ1) is 13.3. The summed E-state index contributed by atoms with van der Waals surface area (Å²) < 4.78 is 5.65. The van der Waals surface area contributed by atoms with Gasteiger partial charge in [0.15, 0.2) is 6.61 Å². The zero-order chi connectivity index (χ0) is 20.3. The van der Waals surface area contributed by atoms with Crippen LogP contribution in [0, 0.1) is 27.7 Å². The third kappa shape index (κ3) is 4.53. The highest BCUT2D eigenvalue weighted by molar-refractivity contribution is 5.94. The van der Waals surface area contributed by atoms with Crippen molar-refractivity contribution in [3.63, 3.8) is 0 Å². The highest BCUT2D eigenvalue weighted by Crippen LogP contribution is 2.17. The van der Waals surface area contributed by atoms with Crippen molar-refractivity contribution in [1.29, 1.82) is 0 Å². The summed E-state index contributed by atoms with van der Waals surface area (Å²) >= 11 is 0. The number of ether oxygens (including phenoxy) is 1. The summed E-state index contributed by atoms with van der Waals surface area (Å²) in [6.45, 7) is 10.3. The summed E-state index contributed by atoms with van der Waals surface area (Å²) in [6.07, 6.45) is 0. The Labute approximate surface area is 166 Å². The molecule has 0 saturated carbocycles. The molecule has 2 aromatic carbocycles. The molecule has 148 valence electrons. The zero-order valence-corrected chi connectivity index (χ0v) is 17.1. The van der Waals surface area contributed by atoms with Gasteiger partial charge < -0.3 is 14.5 Å². The summed E-state index contributed by atoms with van der Waals surface area (Å²) in [5, 5.41) is 0. The molecular weight excluding hydrogens is 352 g/mol. The van der Waals surface area contributed by atoms with Crippen LogP contribution in [-0.2, 0) is 4.79 Å². The molecule has 5 nitrogen and oxygen atoms in total. The number of hydrogen-bond donors (Lipinski definition) is 0. The minimum atomic E-state index is -0.0449. The molecule has 0 bridgehead atoms. The number of rotatable bonds is 4. The number of piperazine rings is 1. The van der Waals surface area contributed by atoms with E-state index in [9.17, 15) is 9.59 Å². The van der Waals surface area contributed by atoms with Crippen molar-refractivity contribution in [2.45, 2.75) is 27.7 Å². The molecule has 0 radical (unpaired) electrons. The lowest BCUT2D eigenvalue weighted by Crippen LogP contribution is -2.51. The minimum absolute atomic E-state index is 0.0214. The fraction of sp³-hybridized carbons (Fsp3) is 0.391. The van der Waals surface area contributed by atoms with Crippen molar-refractivity contribution < 1.29 is 14.3 Å². The Morgan fingerprint density at radius 2 is 1.36 bits per heavy atom. The van der Waals surface area contributed by atoms with Crippen molar-refractivity contribution in [3.8, 4) is 5.75 Å². The maximum atomic E-state index is 12.7. The van der Waals surface area contributed by atoms with Gasteiger partial charge in [0.25, 0.3) is 11.8 Å². The topological polar surface area (TPSA) is 49.9 Å². The van der Waals surface area contributed by atoms with Gasteiger partial charge in [-0.25, -0.2) is 0 Å². The first kappa shape index (κ1) is 19.9. The van der Waals surface area contributed by atoms with Crippen molar-refractivity contribution >= 4 is 11.8 Å². The molecule has 0 spiro atoms. The number of benzene rings is 2. The highest BCUT2D eigenvalue weighted by Gasteiger charge is 2.25. The van der Waals surface area contributed by atoms with Crippen LogP contribution in [0.4, 0.5) is 0 Å². The molecule has 0 aliphatic carbocycles. The van der Waals surface area contributed by atoms with E-state index < -0.39 is 0 Å². The van der Waals surface area contributed by atoms with E-state index >= 15 is 0 Å². The normalized spacial score (nSPS) is 14.1. The molecule has 0 aromatic heterocycles. The Morgan fingerprint density at radius 1 is 0.786 bits per heavy atom. The SMILES string of the molecule is Cc1ccc(OCC(=O)N2CCN(C(=O)c3ccc(C)c(C)c3)CC2)cc1C. The zero-order valence-electron chi connectivity index (χ0n) is 17.1. The van der Waals surface area contributed by atoms with Crippen LogP contribution in [-0.4, -0.2) is 54.4 Å². The Kier molecular flexibility index (Phi) is 6.02. The average molecular weight is 380 g/mol.